The van der Waals surface area contributed by atoms with Gasteiger partial charge in [-0.05, 0) is 62.8 Å². The smallest absolute Gasteiger partial charge is 0.270 e. The van der Waals surface area contributed by atoms with Crippen molar-refractivity contribution in [3.63, 3.8) is 0 Å². The molecule has 0 bridgehead atoms. The maximum absolute atomic E-state index is 12.9. The Labute approximate surface area is 149 Å². The van der Waals surface area contributed by atoms with Crippen molar-refractivity contribution in [2.75, 3.05) is 4.90 Å². The fraction of sp³-hybridized carbons (Fsp3) is 0.167. The van der Waals surface area contributed by atoms with Gasteiger partial charge in [-0.2, -0.15) is 0 Å². The molecule has 2 heterocycles. The van der Waals surface area contributed by atoms with E-state index in [0.717, 1.165) is 20.9 Å². The van der Waals surface area contributed by atoms with Crippen LogP contribution in [0.2, 0.25) is 0 Å². The van der Waals surface area contributed by atoms with Gasteiger partial charge in [-0.3, -0.25) is 19.8 Å². The zero-order chi connectivity index (χ0) is 17.4. The Morgan fingerprint density at radius 3 is 2.50 bits per heavy atom. The van der Waals surface area contributed by atoms with Crippen LogP contribution in [0.4, 0.5) is 5.69 Å². The number of thiocarbonyl (C=S) groups is 1. The van der Waals surface area contributed by atoms with E-state index in [1.165, 1.54) is 16.2 Å². The molecule has 0 spiro atoms. The molecule has 0 saturated carbocycles. The lowest BCUT2D eigenvalue weighted by Gasteiger charge is -2.30. The largest absolute Gasteiger partial charge is 0.298 e. The van der Waals surface area contributed by atoms with Crippen LogP contribution in [-0.2, 0) is 9.59 Å². The fourth-order valence-corrected chi connectivity index (χ4v) is 3.70. The molecular formula is C18H16N2O2S2. The standard InChI is InChI=1S/C18H16N2O2S2/c1-10-4-7-15(11(2)8-10)20-17(22)14(16(21)19-18(20)23)9-13-6-5-12(3)24-13/h4-9H,1-3H3,(H,19,21,23)/b14-9+. The summed E-state index contributed by atoms with van der Waals surface area (Å²) in [5.41, 5.74) is 2.79. The van der Waals surface area contributed by atoms with Crippen LogP contribution >= 0.6 is 23.6 Å². The molecule has 2 amide bonds. The van der Waals surface area contributed by atoms with E-state index < -0.39 is 11.8 Å². The second kappa shape index (κ2) is 6.30. The number of amides is 2. The van der Waals surface area contributed by atoms with Crippen LogP contribution in [-0.4, -0.2) is 16.9 Å². The third kappa shape index (κ3) is 3.02. The average Bonchev–Trinajstić information content (AvgIpc) is 2.91. The van der Waals surface area contributed by atoms with E-state index in [1.54, 1.807) is 6.08 Å². The Morgan fingerprint density at radius 1 is 1.12 bits per heavy atom. The van der Waals surface area contributed by atoms with Gasteiger partial charge in [0.05, 0.1) is 5.69 Å². The molecule has 1 aliphatic rings. The lowest BCUT2D eigenvalue weighted by molar-refractivity contribution is -0.122. The summed E-state index contributed by atoms with van der Waals surface area (Å²) in [5, 5.41) is 2.72. The summed E-state index contributed by atoms with van der Waals surface area (Å²) in [6, 6.07) is 9.59. The number of carbonyl (C=O) groups is 2. The van der Waals surface area contributed by atoms with Gasteiger partial charge in [-0.25, -0.2) is 0 Å². The zero-order valence-corrected chi connectivity index (χ0v) is 15.2. The van der Waals surface area contributed by atoms with E-state index in [2.05, 4.69) is 5.32 Å². The summed E-state index contributed by atoms with van der Waals surface area (Å²) in [6.45, 7) is 5.88. The summed E-state index contributed by atoms with van der Waals surface area (Å²) >= 11 is 6.75. The molecule has 1 saturated heterocycles. The predicted octanol–water partition coefficient (Wildman–Crippen LogP) is 3.50. The van der Waals surface area contributed by atoms with Gasteiger partial charge in [0.25, 0.3) is 11.8 Å². The number of thiophene rings is 1. The van der Waals surface area contributed by atoms with Gasteiger partial charge in [0, 0.05) is 9.75 Å². The van der Waals surface area contributed by atoms with Gasteiger partial charge >= 0.3 is 0 Å². The van der Waals surface area contributed by atoms with E-state index >= 15 is 0 Å². The van der Waals surface area contributed by atoms with Crippen LogP contribution in [0, 0.1) is 20.8 Å². The molecule has 3 rings (SSSR count). The number of carbonyl (C=O) groups excluding carboxylic acids is 2. The average molecular weight is 356 g/mol. The summed E-state index contributed by atoms with van der Waals surface area (Å²) in [4.78, 5) is 28.5. The molecule has 1 aliphatic heterocycles. The molecule has 6 heteroatoms. The highest BCUT2D eigenvalue weighted by atomic mass is 32.1. The van der Waals surface area contributed by atoms with Crippen LogP contribution in [0.25, 0.3) is 6.08 Å². The van der Waals surface area contributed by atoms with Crippen molar-refractivity contribution < 1.29 is 9.59 Å². The van der Waals surface area contributed by atoms with Gasteiger partial charge in [-0.15, -0.1) is 11.3 Å². The lowest BCUT2D eigenvalue weighted by Crippen LogP contribution is -2.54. The third-order valence-corrected chi connectivity index (χ3v) is 4.97. The van der Waals surface area contributed by atoms with Crippen molar-refractivity contribution in [2.45, 2.75) is 20.8 Å². The number of aryl methyl sites for hydroxylation is 3. The Hall–Kier alpha value is -2.31. The highest BCUT2D eigenvalue weighted by Gasteiger charge is 2.35. The lowest BCUT2D eigenvalue weighted by atomic mass is 10.1. The number of benzene rings is 1. The first-order valence-electron chi connectivity index (χ1n) is 7.42. The molecular weight excluding hydrogens is 340 g/mol. The molecule has 1 aromatic carbocycles. The number of hydrogen-bond donors (Lipinski definition) is 1. The van der Waals surface area contributed by atoms with Crippen molar-refractivity contribution in [1.82, 2.24) is 5.32 Å². The van der Waals surface area contributed by atoms with Crippen LogP contribution in [0.3, 0.4) is 0 Å². The normalized spacial score (nSPS) is 16.7. The molecule has 0 radical (unpaired) electrons. The second-order valence-electron chi connectivity index (χ2n) is 5.70. The third-order valence-electron chi connectivity index (χ3n) is 3.74. The number of nitrogens with zero attached hydrogens (tertiary/aromatic N) is 1. The van der Waals surface area contributed by atoms with Crippen LogP contribution < -0.4 is 10.2 Å². The predicted molar refractivity (Wildman–Crippen MR) is 101 cm³/mol. The van der Waals surface area contributed by atoms with E-state index in [-0.39, 0.29) is 10.7 Å². The van der Waals surface area contributed by atoms with Crippen LogP contribution in [0.1, 0.15) is 20.9 Å². The van der Waals surface area contributed by atoms with E-state index in [1.807, 2.05) is 51.1 Å². The summed E-state index contributed by atoms with van der Waals surface area (Å²) < 4.78 is 0. The first-order valence-corrected chi connectivity index (χ1v) is 8.64. The monoisotopic (exact) mass is 356 g/mol. The second-order valence-corrected chi connectivity index (χ2v) is 7.40. The van der Waals surface area contributed by atoms with E-state index in [0.29, 0.717) is 5.69 Å². The maximum atomic E-state index is 12.9. The number of hydrogen-bond acceptors (Lipinski definition) is 4. The van der Waals surface area contributed by atoms with Crippen molar-refractivity contribution in [2.24, 2.45) is 0 Å². The molecule has 122 valence electrons. The SMILES string of the molecule is Cc1ccc(N2C(=O)/C(=C/c3ccc(C)s3)C(=O)NC2=S)c(C)c1. The Kier molecular flexibility index (Phi) is 4.34. The molecule has 1 fully saturated rings. The minimum atomic E-state index is -0.461. The van der Waals surface area contributed by atoms with Gasteiger partial charge < -0.3 is 0 Å². The van der Waals surface area contributed by atoms with Crippen molar-refractivity contribution in [3.05, 3.63) is 56.8 Å². The Bertz CT molecular complexity index is 896. The van der Waals surface area contributed by atoms with E-state index in [4.69, 9.17) is 12.2 Å². The zero-order valence-electron chi connectivity index (χ0n) is 13.5. The van der Waals surface area contributed by atoms with Crippen LogP contribution in [0.5, 0.6) is 0 Å². The highest BCUT2D eigenvalue weighted by Crippen LogP contribution is 2.27. The molecule has 24 heavy (non-hydrogen) atoms. The van der Waals surface area contributed by atoms with Crippen molar-refractivity contribution in [3.8, 4) is 0 Å². The first-order chi connectivity index (χ1) is 11.4. The molecule has 1 aromatic heterocycles. The number of anilines is 1. The molecule has 0 aliphatic carbocycles. The molecule has 0 unspecified atom stereocenters. The molecule has 1 N–H and O–H groups in total. The van der Waals surface area contributed by atoms with Gasteiger partial charge in [0.15, 0.2) is 5.11 Å². The van der Waals surface area contributed by atoms with Crippen molar-refractivity contribution >= 4 is 52.2 Å². The van der Waals surface area contributed by atoms with E-state index in [9.17, 15) is 9.59 Å². The van der Waals surface area contributed by atoms with Gasteiger partial charge in [0.1, 0.15) is 5.57 Å². The molecule has 4 nitrogen and oxygen atoms in total. The van der Waals surface area contributed by atoms with Gasteiger partial charge in [0.2, 0.25) is 0 Å². The summed E-state index contributed by atoms with van der Waals surface area (Å²) in [6.07, 6.45) is 1.62. The number of rotatable bonds is 2. The maximum Gasteiger partial charge on any atom is 0.270 e. The summed E-state index contributed by atoms with van der Waals surface area (Å²) in [5.74, 6) is -0.862. The summed E-state index contributed by atoms with van der Waals surface area (Å²) in [7, 11) is 0. The minimum absolute atomic E-state index is 0.0884. The Morgan fingerprint density at radius 2 is 1.88 bits per heavy atom. The number of nitrogens with one attached hydrogen (secondary N) is 1. The molecule has 0 atom stereocenters. The quantitative estimate of drug-likeness (QED) is 0.509. The van der Waals surface area contributed by atoms with Crippen LogP contribution in [0.15, 0.2) is 35.9 Å². The fourth-order valence-electron chi connectivity index (χ4n) is 2.61. The Balaban J connectivity index is 2.04. The van der Waals surface area contributed by atoms with Crippen molar-refractivity contribution in [1.29, 1.82) is 0 Å². The highest BCUT2D eigenvalue weighted by molar-refractivity contribution is 7.80. The minimum Gasteiger partial charge on any atom is -0.298 e. The molecule has 2 aromatic rings. The first kappa shape index (κ1) is 16.5. The topological polar surface area (TPSA) is 49.4 Å². The van der Waals surface area contributed by atoms with Gasteiger partial charge in [-0.1, -0.05) is 17.7 Å².